The van der Waals surface area contributed by atoms with Crippen LogP contribution in [-0.2, 0) is 4.74 Å². The minimum absolute atomic E-state index is 0.0415. The number of hydrogen-bond donors (Lipinski definition) is 2. The minimum Gasteiger partial charge on any atom is -0.373 e. The summed E-state index contributed by atoms with van der Waals surface area (Å²) < 4.78 is 5.79. The molecule has 1 aromatic rings. The van der Waals surface area contributed by atoms with Gasteiger partial charge in [-0.25, -0.2) is 0 Å². The quantitative estimate of drug-likeness (QED) is 0.875. The molecule has 5 rings (SSSR count). The van der Waals surface area contributed by atoms with Gasteiger partial charge in [0, 0.05) is 7.11 Å². The van der Waals surface area contributed by atoms with Crippen LogP contribution in [0.2, 0.25) is 0 Å². The van der Waals surface area contributed by atoms with Crippen LogP contribution < -0.4 is 5.73 Å². The Morgan fingerprint density at radius 1 is 1.16 bits per heavy atom. The largest absolute Gasteiger partial charge is 0.373 e. The molecule has 1 unspecified atom stereocenters. The summed E-state index contributed by atoms with van der Waals surface area (Å²) in [6.45, 7) is 0. The van der Waals surface area contributed by atoms with Crippen molar-refractivity contribution in [1.29, 1.82) is 0 Å². The molecule has 5 heteroatoms. The Morgan fingerprint density at radius 2 is 1.79 bits per heavy atom. The third-order valence-corrected chi connectivity index (χ3v) is 5.69. The van der Waals surface area contributed by atoms with E-state index in [2.05, 4.69) is 15.2 Å². The summed E-state index contributed by atoms with van der Waals surface area (Å²) in [5.74, 6) is 5.33. The van der Waals surface area contributed by atoms with E-state index in [0.717, 1.165) is 29.5 Å². The van der Waals surface area contributed by atoms with Crippen molar-refractivity contribution in [2.24, 2.45) is 29.6 Å². The molecule has 4 aliphatic carbocycles. The fourth-order valence-electron chi connectivity index (χ4n) is 5.33. The fraction of sp³-hybridized carbons (Fsp3) is 0.857. The summed E-state index contributed by atoms with van der Waals surface area (Å²) in [4.78, 5) is 4.30. The van der Waals surface area contributed by atoms with Crippen molar-refractivity contribution in [1.82, 2.24) is 15.2 Å². The number of nitrogens with two attached hydrogens (primary N) is 1. The minimum atomic E-state index is 0.0415. The third kappa shape index (κ3) is 1.78. The van der Waals surface area contributed by atoms with Crippen molar-refractivity contribution >= 4 is 5.95 Å². The summed E-state index contributed by atoms with van der Waals surface area (Å²) >= 11 is 0. The van der Waals surface area contributed by atoms with Gasteiger partial charge in [-0.15, -0.1) is 5.10 Å². The Hall–Kier alpha value is -1.10. The molecule has 3 N–H and O–H groups in total. The molecule has 0 amide bonds. The zero-order valence-corrected chi connectivity index (χ0v) is 11.4. The normalized spacial score (nSPS) is 41.6. The van der Waals surface area contributed by atoms with Gasteiger partial charge in [-0.05, 0) is 61.7 Å². The SMILES string of the molecule is COC(c1nc(N)n[nH]1)C1C2CC3CC(C2)CC1C3. The van der Waals surface area contributed by atoms with E-state index in [4.69, 9.17) is 10.5 Å². The lowest BCUT2D eigenvalue weighted by Gasteiger charge is -2.55. The highest BCUT2D eigenvalue weighted by molar-refractivity contribution is 5.15. The first-order valence-corrected chi connectivity index (χ1v) is 7.45. The van der Waals surface area contributed by atoms with Gasteiger partial charge < -0.3 is 10.5 Å². The molecule has 19 heavy (non-hydrogen) atoms. The second-order valence-electron chi connectivity index (χ2n) is 6.74. The van der Waals surface area contributed by atoms with Crippen LogP contribution in [-0.4, -0.2) is 22.3 Å². The molecule has 4 fully saturated rings. The maximum absolute atomic E-state index is 5.79. The van der Waals surface area contributed by atoms with Gasteiger partial charge in [0.15, 0.2) is 5.82 Å². The molecular weight excluding hydrogens is 240 g/mol. The van der Waals surface area contributed by atoms with Crippen molar-refractivity contribution in [3.8, 4) is 0 Å². The van der Waals surface area contributed by atoms with Crippen LogP contribution in [0.4, 0.5) is 5.95 Å². The summed E-state index contributed by atoms with van der Waals surface area (Å²) in [5.41, 5.74) is 5.64. The van der Waals surface area contributed by atoms with Crippen molar-refractivity contribution in [2.75, 3.05) is 12.8 Å². The molecule has 5 nitrogen and oxygen atoms in total. The number of anilines is 1. The van der Waals surface area contributed by atoms with E-state index in [9.17, 15) is 0 Å². The second kappa shape index (κ2) is 4.20. The highest BCUT2D eigenvalue weighted by Crippen LogP contribution is 2.59. The molecule has 0 aromatic carbocycles. The number of rotatable bonds is 3. The van der Waals surface area contributed by atoms with Crippen molar-refractivity contribution < 1.29 is 4.74 Å². The topological polar surface area (TPSA) is 76.8 Å². The summed E-state index contributed by atoms with van der Waals surface area (Å²) in [5, 5.41) is 6.91. The first-order valence-electron chi connectivity index (χ1n) is 7.45. The first kappa shape index (κ1) is 11.7. The summed E-state index contributed by atoms with van der Waals surface area (Å²) in [6.07, 6.45) is 7.08. The Kier molecular flexibility index (Phi) is 2.59. The zero-order valence-electron chi connectivity index (χ0n) is 11.4. The monoisotopic (exact) mass is 262 g/mol. The number of H-pyrrole nitrogens is 1. The highest BCUT2D eigenvalue weighted by atomic mass is 16.5. The predicted molar refractivity (Wildman–Crippen MR) is 71.1 cm³/mol. The number of aromatic amines is 1. The van der Waals surface area contributed by atoms with E-state index < -0.39 is 0 Å². The fourth-order valence-corrected chi connectivity index (χ4v) is 5.33. The summed E-state index contributed by atoms with van der Waals surface area (Å²) in [6, 6.07) is 0. The molecule has 1 heterocycles. The Balaban J connectivity index is 1.63. The molecule has 0 aliphatic heterocycles. The first-order chi connectivity index (χ1) is 9.24. The van der Waals surface area contributed by atoms with E-state index in [1.54, 1.807) is 7.11 Å². The third-order valence-electron chi connectivity index (χ3n) is 5.69. The number of ether oxygens (including phenoxy) is 1. The van der Waals surface area contributed by atoms with Crippen LogP contribution in [0.1, 0.15) is 44.0 Å². The number of hydrogen-bond acceptors (Lipinski definition) is 4. The van der Waals surface area contributed by atoms with Gasteiger partial charge in [0.25, 0.3) is 0 Å². The maximum atomic E-state index is 5.79. The van der Waals surface area contributed by atoms with Crippen molar-refractivity contribution in [2.45, 2.75) is 38.2 Å². The van der Waals surface area contributed by atoms with Gasteiger partial charge >= 0.3 is 0 Å². The molecule has 4 bridgehead atoms. The van der Waals surface area contributed by atoms with E-state index >= 15 is 0 Å². The van der Waals surface area contributed by atoms with Crippen LogP contribution in [0.3, 0.4) is 0 Å². The van der Waals surface area contributed by atoms with Crippen LogP contribution in [0.15, 0.2) is 0 Å². The average Bonchev–Trinajstić information content (AvgIpc) is 2.79. The lowest BCUT2D eigenvalue weighted by molar-refractivity contribution is -0.105. The molecule has 1 atom stereocenters. The van der Waals surface area contributed by atoms with E-state index in [-0.39, 0.29) is 6.10 Å². The average molecular weight is 262 g/mol. The Labute approximate surface area is 113 Å². The lowest BCUT2D eigenvalue weighted by atomic mass is 9.51. The predicted octanol–water partition coefficient (Wildman–Crippen LogP) is 2.15. The number of nitrogens with zero attached hydrogens (tertiary/aromatic N) is 2. The van der Waals surface area contributed by atoms with Gasteiger partial charge in [0.05, 0.1) is 0 Å². The summed E-state index contributed by atoms with van der Waals surface area (Å²) in [7, 11) is 1.79. The molecule has 1 aromatic heterocycles. The standard InChI is InChI=1S/C14H22N4O/c1-19-12(13-16-14(15)18-17-13)11-9-3-7-2-8(5-9)6-10(11)4-7/h7-12H,2-6H2,1H3,(H3,15,16,17,18). The van der Waals surface area contributed by atoms with Crippen molar-refractivity contribution in [3.63, 3.8) is 0 Å². The molecule has 0 radical (unpaired) electrons. The van der Waals surface area contributed by atoms with E-state index in [1.165, 1.54) is 32.1 Å². The van der Waals surface area contributed by atoms with Gasteiger partial charge in [0.2, 0.25) is 5.95 Å². The maximum Gasteiger partial charge on any atom is 0.239 e. The van der Waals surface area contributed by atoms with Gasteiger partial charge in [-0.3, -0.25) is 5.10 Å². The Morgan fingerprint density at radius 3 is 2.26 bits per heavy atom. The smallest absolute Gasteiger partial charge is 0.239 e. The molecule has 0 spiro atoms. The van der Waals surface area contributed by atoms with Crippen LogP contribution in [0.25, 0.3) is 0 Å². The molecular formula is C14H22N4O. The molecule has 104 valence electrons. The number of aromatic nitrogens is 3. The number of nitrogen functional groups attached to an aromatic ring is 1. The number of methoxy groups -OCH3 is 1. The zero-order chi connectivity index (χ0) is 13.0. The highest BCUT2D eigenvalue weighted by Gasteiger charge is 2.51. The van der Waals surface area contributed by atoms with Crippen LogP contribution >= 0.6 is 0 Å². The second-order valence-corrected chi connectivity index (χ2v) is 6.74. The molecule has 4 aliphatic rings. The molecule has 0 saturated heterocycles. The van der Waals surface area contributed by atoms with Crippen LogP contribution in [0, 0.1) is 29.6 Å². The van der Waals surface area contributed by atoms with E-state index in [0.29, 0.717) is 11.9 Å². The van der Waals surface area contributed by atoms with Crippen molar-refractivity contribution in [3.05, 3.63) is 5.82 Å². The van der Waals surface area contributed by atoms with Gasteiger partial charge in [-0.1, -0.05) is 0 Å². The van der Waals surface area contributed by atoms with E-state index in [1.807, 2.05) is 0 Å². The van der Waals surface area contributed by atoms with Gasteiger partial charge in [0.1, 0.15) is 6.10 Å². The Bertz CT molecular complexity index is 444. The van der Waals surface area contributed by atoms with Gasteiger partial charge in [-0.2, -0.15) is 4.98 Å². The molecule has 4 saturated carbocycles. The number of nitrogens with one attached hydrogen (secondary N) is 1. The van der Waals surface area contributed by atoms with Crippen LogP contribution in [0.5, 0.6) is 0 Å². The lowest BCUT2D eigenvalue weighted by Crippen LogP contribution is -2.47.